The minimum atomic E-state index is -1.10. The lowest BCUT2D eigenvalue weighted by molar-refractivity contribution is 0.0691. The minimum absolute atomic E-state index is 0.0361. The van der Waals surface area contributed by atoms with Crippen LogP contribution in [0.1, 0.15) is 24.3 Å². The predicted molar refractivity (Wildman–Crippen MR) is 74.8 cm³/mol. The summed E-state index contributed by atoms with van der Waals surface area (Å²) in [6.45, 7) is 4.00. The number of carboxylic acids is 1. The Hall–Kier alpha value is -1.82. The molecule has 0 bridgehead atoms. The third-order valence-electron chi connectivity index (χ3n) is 2.24. The van der Waals surface area contributed by atoms with Crippen LogP contribution < -0.4 is 0 Å². The van der Waals surface area contributed by atoms with E-state index in [0.717, 1.165) is 0 Å². The van der Waals surface area contributed by atoms with Gasteiger partial charge in [-0.2, -0.15) is 5.10 Å². The zero-order valence-corrected chi connectivity index (χ0v) is 11.7. The van der Waals surface area contributed by atoms with Crippen molar-refractivity contribution in [2.24, 2.45) is 0 Å². The Morgan fingerprint density at radius 2 is 1.89 bits per heavy atom. The average Bonchev–Trinajstić information content (AvgIpc) is 2.86. The number of rotatable bonds is 3. The standard InChI is InChI=1S/C11H9FN2O2S.C2H6/c1-17-14-6-9(10(13-14)11(15)16)7-2-4-8(12)5-3-7;1-2/h2-6H,1H3,(H,15,16);1-2H3. The van der Waals surface area contributed by atoms with E-state index in [1.807, 2.05) is 13.8 Å². The number of benzene rings is 1. The van der Waals surface area contributed by atoms with Crippen molar-refractivity contribution in [3.8, 4) is 11.1 Å². The van der Waals surface area contributed by atoms with Gasteiger partial charge in [0.2, 0.25) is 0 Å². The van der Waals surface area contributed by atoms with Crippen LogP contribution in [0.2, 0.25) is 0 Å². The Morgan fingerprint density at radius 3 is 2.37 bits per heavy atom. The molecule has 0 amide bonds. The Morgan fingerprint density at radius 1 is 1.32 bits per heavy atom. The fourth-order valence-corrected chi connectivity index (χ4v) is 1.82. The number of carboxylic acid groups (broad SMARTS) is 1. The highest BCUT2D eigenvalue weighted by Gasteiger charge is 2.17. The van der Waals surface area contributed by atoms with Crippen LogP contribution in [0.4, 0.5) is 4.39 Å². The van der Waals surface area contributed by atoms with Crippen molar-refractivity contribution >= 4 is 17.9 Å². The molecule has 19 heavy (non-hydrogen) atoms. The molecular weight excluding hydrogens is 267 g/mol. The van der Waals surface area contributed by atoms with E-state index in [0.29, 0.717) is 11.1 Å². The van der Waals surface area contributed by atoms with Crippen molar-refractivity contribution in [2.75, 3.05) is 6.26 Å². The first-order valence-corrected chi connectivity index (χ1v) is 6.93. The summed E-state index contributed by atoms with van der Waals surface area (Å²) in [6, 6.07) is 5.64. The van der Waals surface area contributed by atoms with Crippen molar-refractivity contribution in [1.29, 1.82) is 0 Å². The highest BCUT2D eigenvalue weighted by molar-refractivity contribution is 7.97. The van der Waals surface area contributed by atoms with Gasteiger partial charge in [0.15, 0.2) is 5.69 Å². The Balaban J connectivity index is 0.000000861. The zero-order chi connectivity index (χ0) is 14.4. The summed E-state index contributed by atoms with van der Waals surface area (Å²) in [4.78, 5) is 11.0. The van der Waals surface area contributed by atoms with Gasteiger partial charge in [-0.05, 0) is 29.6 Å². The van der Waals surface area contributed by atoms with E-state index in [1.54, 1.807) is 12.5 Å². The molecule has 0 fully saturated rings. The fraction of sp³-hybridized carbons (Fsp3) is 0.231. The maximum atomic E-state index is 12.8. The van der Waals surface area contributed by atoms with Gasteiger partial charge >= 0.3 is 5.97 Å². The number of nitrogens with zero attached hydrogens (tertiary/aromatic N) is 2. The summed E-state index contributed by atoms with van der Waals surface area (Å²) in [5.74, 6) is -1.46. The van der Waals surface area contributed by atoms with Gasteiger partial charge in [0.05, 0.1) is 0 Å². The van der Waals surface area contributed by atoms with Crippen molar-refractivity contribution in [3.05, 3.63) is 42.0 Å². The third-order valence-corrected chi connectivity index (χ3v) is 2.80. The molecule has 1 aromatic heterocycles. The second kappa shape index (κ2) is 6.94. The molecule has 0 saturated heterocycles. The lowest BCUT2D eigenvalue weighted by Gasteiger charge is -1.98. The number of hydrogen-bond acceptors (Lipinski definition) is 3. The van der Waals surface area contributed by atoms with E-state index in [9.17, 15) is 9.18 Å². The van der Waals surface area contributed by atoms with Crippen LogP contribution in [0.15, 0.2) is 30.5 Å². The number of aromatic carboxylic acids is 1. The van der Waals surface area contributed by atoms with Crippen LogP contribution in [0.3, 0.4) is 0 Å². The highest BCUT2D eigenvalue weighted by Crippen LogP contribution is 2.24. The first kappa shape index (κ1) is 15.2. The summed E-state index contributed by atoms with van der Waals surface area (Å²) in [6.07, 6.45) is 3.40. The molecule has 1 heterocycles. The zero-order valence-electron chi connectivity index (χ0n) is 10.9. The molecule has 6 heteroatoms. The molecule has 0 unspecified atom stereocenters. The molecule has 0 aliphatic rings. The second-order valence-electron chi connectivity index (χ2n) is 3.29. The van der Waals surface area contributed by atoms with Crippen LogP contribution in [0.5, 0.6) is 0 Å². The average molecular weight is 282 g/mol. The van der Waals surface area contributed by atoms with Gasteiger partial charge in [0.1, 0.15) is 5.82 Å². The van der Waals surface area contributed by atoms with Gasteiger partial charge < -0.3 is 5.11 Å². The Labute approximate surface area is 115 Å². The second-order valence-corrected chi connectivity index (χ2v) is 4.03. The first-order chi connectivity index (χ1) is 9.11. The van der Waals surface area contributed by atoms with E-state index in [-0.39, 0.29) is 11.5 Å². The van der Waals surface area contributed by atoms with E-state index in [2.05, 4.69) is 5.10 Å². The van der Waals surface area contributed by atoms with E-state index in [4.69, 9.17) is 5.11 Å². The molecule has 102 valence electrons. The van der Waals surface area contributed by atoms with E-state index < -0.39 is 5.97 Å². The molecule has 4 nitrogen and oxygen atoms in total. The van der Waals surface area contributed by atoms with E-state index >= 15 is 0 Å². The van der Waals surface area contributed by atoms with Gasteiger partial charge in [-0.15, -0.1) is 0 Å². The van der Waals surface area contributed by atoms with Crippen LogP contribution in [0.25, 0.3) is 11.1 Å². The molecule has 0 atom stereocenters. The molecule has 0 aliphatic carbocycles. The van der Waals surface area contributed by atoms with Gasteiger partial charge in [-0.1, -0.05) is 26.0 Å². The van der Waals surface area contributed by atoms with Gasteiger partial charge in [-0.25, -0.2) is 13.3 Å². The molecule has 0 spiro atoms. The van der Waals surface area contributed by atoms with Crippen molar-refractivity contribution < 1.29 is 14.3 Å². The number of carbonyl (C=O) groups is 1. The largest absolute Gasteiger partial charge is 0.476 e. The van der Waals surface area contributed by atoms with Gasteiger partial charge in [0, 0.05) is 18.0 Å². The summed E-state index contributed by atoms with van der Waals surface area (Å²) in [5, 5.41) is 12.9. The SMILES string of the molecule is CC.CSn1cc(-c2ccc(F)cc2)c(C(=O)O)n1. The van der Waals surface area contributed by atoms with Gasteiger partial charge in [-0.3, -0.25) is 0 Å². The third kappa shape index (κ3) is 3.57. The Bertz CT molecular complexity index is 552. The molecular formula is C13H15FN2O2S. The minimum Gasteiger partial charge on any atom is -0.476 e. The lowest BCUT2D eigenvalue weighted by Crippen LogP contribution is -2.00. The summed E-state index contributed by atoms with van der Waals surface area (Å²) >= 11 is 1.29. The Kier molecular flexibility index (Phi) is 5.57. The quantitative estimate of drug-likeness (QED) is 0.935. The molecule has 1 aromatic carbocycles. The van der Waals surface area contributed by atoms with Crippen LogP contribution >= 0.6 is 11.9 Å². The molecule has 0 radical (unpaired) electrons. The molecule has 0 aliphatic heterocycles. The summed E-state index contributed by atoms with van der Waals surface area (Å²) in [5.41, 5.74) is 1.07. The first-order valence-electron chi connectivity index (χ1n) is 5.75. The molecule has 2 rings (SSSR count). The topological polar surface area (TPSA) is 55.1 Å². The van der Waals surface area contributed by atoms with E-state index in [1.165, 1.54) is 40.3 Å². The van der Waals surface area contributed by atoms with Crippen molar-refractivity contribution in [2.45, 2.75) is 13.8 Å². The predicted octanol–water partition coefficient (Wildman–Crippen LogP) is 3.54. The fourth-order valence-electron chi connectivity index (χ4n) is 1.45. The van der Waals surface area contributed by atoms with Crippen LogP contribution in [-0.4, -0.2) is 26.5 Å². The smallest absolute Gasteiger partial charge is 0.357 e. The maximum Gasteiger partial charge on any atom is 0.357 e. The maximum absolute atomic E-state index is 12.8. The van der Waals surface area contributed by atoms with Crippen molar-refractivity contribution in [3.63, 3.8) is 0 Å². The molecule has 2 aromatic rings. The summed E-state index contributed by atoms with van der Waals surface area (Å²) in [7, 11) is 0. The monoisotopic (exact) mass is 282 g/mol. The number of aromatic nitrogens is 2. The van der Waals surface area contributed by atoms with Crippen molar-refractivity contribution in [1.82, 2.24) is 9.19 Å². The lowest BCUT2D eigenvalue weighted by atomic mass is 10.1. The van der Waals surface area contributed by atoms with Crippen LogP contribution in [-0.2, 0) is 0 Å². The van der Waals surface area contributed by atoms with Crippen LogP contribution in [0, 0.1) is 5.82 Å². The number of hydrogen-bond donors (Lipinski definition) is 1. The molecule has 0 saturated carbocycles. The van der Waals surface area contributed by atoms with Gasteiger partial charge in [0.25, 0.3) is 0 Å². The highest BCUT2D eigenvalue weighted by atomic mass is 32.2. The normalized spacial score (nSPS) is 9.68. The number of halogens is 1. The summed E-state index contributed by atoms with van der Waals surface area (Å²) < 4.78 is 14.3. The molecule has 1 N–H and O–H groups in total.